The molecule has 3 aromatic rings. The van der Waals surface area contributed by atoms with Crippen molar-refractivity contribution in [2.75, 3.05) is 6.61 Å². The van der Waals surface area contributed by atoms with Gasteiger partial charge in [0, 0.05) is 11.1 Å². The summed E-state index contributed by atoms with van der Waals surface area (Å²) in [6.07, 6.45) is 0.133. The lowest BCUT2D eigenvalue weighted by molar-refractivity contribution is -0.148. The molecule has 0 aliphatic rings. The van der Waals surface area contributed by atoms with Crippen LogP contribution in [0.5, 0.6) is 0 Å². The van der Waals surface area contributed by atoms with Gasteiger partial charge in [0.2, 0.25) is 5.91 Å². The zero-order valence-electron chi connectivity index (χ0n) is 15.2. The van der Waals surface area contributed by atoms with Gasteiger partial charge in [-0.25, -0.2) is 4.98 Å². The van der Waals surface area contributed by atoms with Crippen LogP contribution in [0, 0.1) is 6.92 Å². The second-order valence-electron chi connectivity index (χ2n) is 6.17. The molecule has 0 bridgehead atoms. The minimum absolute atomic E-state index is 0.0634. The van der Waals surface area contributed by atoms with Crippen LogP contribution in [-0.2, 0) is 32.0 Å². The van der Waals surface area contributed by atoms with Gasteiger partial charge in [-0.05, 0) is 23.3 Å². The molecular weight excluding hydrogens is 378 g/mol. The summed E-state index contributed by atoms with van der Waals surface area (Å²) in [4.78, 5) is 39.6. The van der Waals surface area contributed by atoms with Crippen LogP contribution in [0.4, 0.5) is 0 Å². The monoisotopic (exact) mass is 397 g/mol. The molecule has 0 unspecified atom stereocenters. The number of amides is 2. The number of fused-ring (bicyclic) bond motifs is 1. The molecule has 1 heterocycles. The van der Waals surface area contributed by atoms with E-state index in [0.29, 0.717) is 5.01 Å². The molecule has 0 aliphatic carbocycles. The van der Waals surface area contributed by atoms with Gasteiger partial charge in [0.25, 0.3) is 5.91 Å². The van der Waals surface area contributed by atoms with Gasteiger partial charge >= 0.3 is 5.97 Å². The van der Waals surface area contributed by atoms with Gasteiger partial charge in [0.15, 0.2) is 6.61 Å². The quantitative estimate of drug-likeness (QED) is 0.490. The molecule has 0 radical (unpaired) electrons. The Morgan fingerprint density at radius 2 is 1.75 bits per heavy atom. The topological polar surface area (TPSA) is 97.4 Å². The number of thiazole rings is 1. The van der Waals surface area contributed by atoms with E-state index in [9.17, 15) is 14.4 Å². The van der Waals surface area contributed by atoms with E-state index in [1.807, 2.05) is 54.8 Å². The first-order valence-corrected chi connectivity index (χ1v) is 9.49. The molecule has 0 saturated carbocycles. The Morgan fingerprint density at radius 3 is 2.50 bits per heavy atom. The summed E-state index contributed by atoms with van der Waals surface area (Å²) in [5.41, 5.74) is 6.13. The fraction of sp³-hybridized carbons (Fsp3) is 0.200. The molecule has 0 saturated heterocycles. The Morgan fingerprint density at radius 1 is 1.00 bits per heavy atom. The first-order chi connectivity index (χ1) is 13.5. The third-order valence-corrected chi connectivity index (χ3v) is 4.81. The SMILES string of the molecule is Cc1csc(CC(=O)NNC(=O)COC(=O)Cc2ccc3ccccc3c2)n1. The fourth-order valence-electron chi connectivity index (χ4n) is 2.55. The number of ether oxygens (including phenoxy) is 1. The van der Waals surface area contributed by atoms with Crippen LogP contribution in [0.25, 0.3) is 10.8 Å². The van der Waals surface area contributed by atoms with E-state index in [1.165, 1.54) is 11.3 Å². The van der Waals surface area contributed by atoms with E-state index in [0.717, 1.165) is 22.0 Å². The lowest BCUT2D eigenvalue weighted by atomic mass is 10.1. The van der Waals surface area contributed by atoms with Gasteiger partial charge in [-0.2, -0.15) is 0 Å². The van der Waals surface area contributed by atoms with Gasteiger partial charge in [0.05, 0.1) is 12.8 Å². The lowest BCUT2D eigenvalue weighted by Crippen LogP contribution is -2.44. The van der Waals surface area contributed by atoms with Crippen molar-refractivity contribution in [2.24, 2.45) is 0 Å². The van der Waals surface area contributed by atoms with Gasteiger partial charge in [-0.1, -0.05) is 42.5 Å². The van der Waals surface area contributed by atoms with Crippen molar-refractivity contribution in [1.29, 1.82) is 0 Å². The van der Waals surface area contributed by atoms with Crippen LogP contribution in [0.15, 0.2) is 47.8 Å². The van der Waals surface area contributed by atoms with Crippen LogP contribution in [0.2, 0.25) is 0 Å². The van der Waals surface area contributed by atoms with Crippen molar-refractivity contribution in [3.63, 3.8) is 0 Å². The molecule has 144 valence electrons. The highest BCUT2D eigenvalue weighted by molar-refractivity contribution is 7.09. The van der Waals surface area contributed by atoms with Crippen LogP contribution < -0.4 is 10.9 Å². The van der Waals surface area contributed by atoms with E-state index < -0.39 is 24.4 Å². The third kappa shape index (κ3) is 5.62. The number of nitrogens with zero attached hydrogens (tertiary/aromatic N) is 1. The molecule has 2 aromatic carbocycles. The maximum Gasteiger partial charge on any atom is 0.310 e. The minimum atomic E-state index is -0.615. The van der Waals surface area contributed by atoms with Crippen LogP contribution in [0.1, 0.15) is 16.3 Å². The molecule has 8 heteroatoms. The predicted octanol–water partition coefficient (Wildman–Crippen LogP) is 2.08. The zero-order chi connectivity index (χ0) is 19.9. The maximum atomic E-state index is 11.9. The highest BCUT2D eigenvalue weighted by atomic mass is 32.1. The number of carbonyl (C=O) groups excluding carboxylic acids is 3. The fourth-order valence-corrected chi connectivity index (χ4v) is 3.32. The van der Waals surface area contributed by atoms with Gasteiger partial charge in [-0.3, -0.25) is 25.2 Å². The van der Waals surface area contributed by atoms with E-state index in [-0.39, 0.29) is 12.8 Å². The number of aryl methyl sites for hydroxylation is 1. The minimum Gasteiger partial charge on any atom is -0.455 e. The number of aromatic nitrogens is 1. The number of hydrogen-bond donors (Lipinski definition) is 2. The maximum absolute atomic E-state index is 11.9. The van der Waals surface area contributed by atoms with Crippen molar-refractivity contribution in [3.8, 4) is 0 Å². The van der Waals surface area contributed by atoms with Crippen molar-refractivity contribution in [3.05, 3.63) is 64.1 Å². The summed E-state index contributed by atoms with van der Waals surface area (Å²) in [6.45, 7) is 1.37. The number of benzene rings is 2. The van der Waals surface area contributed by atoms with E-state index in [4.69, 9.17) is 4.74 Å². The van der Waals surface area contributed by atoms with Crippen molar-refractivity contribution in [1.82, 2.24) is 15.8 Å². The summed E-state index contributed by atoms with van der Waals surface area (Å²) in [6, 6.07) is 13.5. The van der Waals surface area contributed by atoms with Crippen LogP contribution in [0.3, 0.4) is 0 Å². The standard InChI is InChI=1S/C20H19N3O4S/c1-13-12-28-19(21-13)10-17(24)22-23-18(25)11-27-20(26)9-14-6-7-15-4-2-3-5-16(15)8-14/h2-8,12H,9-11H2,1H3,(H,22,24)(H,23,25). The molecule has 7 nitrogen and oxygen atoms in total. The summed E-state index contributed by atoms with van der Waals surface area (Å²) in [7, 11) is 0. The van der Waals surface area contributed by atoms with Gasteiger partial charge in [0.1, 0.15) is 5.01 Å². The van der Waals surface area contributed by atoms with Crippen LogP contribution >= 0.6 is 11.3 Å². The molecular formula is C20H19N3O4S. The first kappa shape index (κ1) is 19.5. The highest BCUT2D eigenvalue weighted by Crippen LogP contribution is 2.16. The Balaban J connectivity index is 1.39. The van der Waals surface area contributed by atoms with E-state index in [2.05, 4.69) is 15.8 Å². The normalized spacial score (nSPS) is 10.5. The number of nitrogens with one attached hydrogen (secondary N) is 2. The number of hydrogen-bond acceptors (Lipinski definition) is 6. The highest BCUT2D eigenvalue weighted by Gasteiger charge is 2.11. The summed E-state index contributed by atoms with van der Waals surface area (Å²) < 4.78 is 4.96. The van der Waals surface area contributed by atoms with Crippen molar-refractivity contribution >= 4 is 39.9 Å². The first-order valence-electron chi connectivity index (χ1n) is 8.61. The molecule has 2 N–H and O–H groups in total. The smallest absolute Gasteiger partial charge is 0.310 e. The Hall–Kier alpha value is -3.26. The molecule has 3 rings (SSSR count). The molecule has 2 amide bonds. The van der Waals surface area contributed by atoms with Gasteiger partial charge < -0.3 is 4.74 Å². The Labute approximate surface area is 165 Å². The molecule has 0 atom stereocenters. The number of hydrazine groups is 1. The van der Waals surface area contributed by atoms with Crippen molar-refractivity contribution in [2.45, 2.75) is 19.8 Å². The number of carbonyl (C=O) groups is 3. The summed E-state index contributed by atoms with van der Waals surface area (Å²) in [5.74, 6) is -1.53. The molecule has 0 spiro atoms. The largest absolute Gasteiger partial charge is 0.455 e. The summed E-state index contributed by atoms with van der Waals surface area (Å²) in [5, 5.41) is 4.62. The zero-order valence-corrected chi connectivity index (χ0v) is 16.0. The van der Waals surface area contributed by atoms with E-state index in [1.54, 1.807) is 0 Å². The number of esters is 1. The molecule has 28 heavy (non-hydrogen) atoms. The van der Waals surface area contributed by atoms with E-state index >= 15 is 0 Å². The average Bonchev–Trinajstić information content (AvgIpc) is 3.09. The number of rotatable bonds is 6. The second kappa shape index (κ2) is 9.09. The Kier molecular flexibility index (Phi) is 6.33. The summed E-state index contributed by atoms with van der Waals surface area (Å²) >= 11 is 1.37. The molecule has 0 aliphatic heterocycles. The second-order valence-corrected chi connectivity index (χ2v) is 7.12. The predicted molar refractivity (Wildman–Crippen MR) is 105 cm³/mol. The third-order valence-electron chi connectivity index (χ3n) is 3.85. The lowest BCUT2D eigenvalue weighted by Gasteiger charge is -2.08. The molecule has 0 fully saturated rings. The van der Waals surface area contributed by atoms with Gasteiger partial charge in [-0.15, -0.1) is 11.3 Å². The molecule has 1 aromatic heterocycles. The van der Waals surface area contributed by atoms with Crippen LogP contribution in [-0.4, -0.2) is 29.4 Å². The average molecular weight is 397 g/mol. The van der Waals surface area contributed by atoms with Crippen molar-refractivity contribution < 1.29 is 19.1 Å². The Bertz CT molecular complexity index is 1020.